The molecule has 3 aliphatic rings. The highest BCUT2D eigenvalue weighted by Crippen LogP contribution is 2.65. The zero-order valence-corrected chi connectivity index (χ0v) is 9.74. The number of amides is 1. The van der Waals surface area contributed by atoms with E-state index in [2.05, 4.69) is 5.32 Å². The number of rotatable bonds is 4. The number of hydrogen-bond donors (Lipinski definition) is 1. The third-order valence-electron chi connectivity index (χ3n) is 4.77. The van der Waals surface area contributed by atoms with Gasteiger partial charge in [-0.15, -0.1) is 0 Å². The molecule has 0 saturated heterocycles. The summed E-state index contributed by atoms with van der Waals surface area (Å²) in [4.78, 5) is 22.4. The van der Waals surface area contributed by atoms with Crippen molar-refractivity contribution in [2.24, 2.45) is 23.7 Å². The van der Waals surface area contributed by atoms with Crippen LogP contribution in [0.25, 0.3) is 0 Å². The quantitative estimate of drug-likeness (QED) is 0.782. The first-order chi connectivity index (χ1) is 7.66. The maximum Gasteiger partial charge on any atom is 0.220 e. The Morgan fingerprint density at radius 2 is 1.75 bits per heavy atom. The molecule has 1 N–H and O–H groups in total. The van der Waals surface area contributed by atoms with Gasteiger partial charge in [0.15, 0.2) is 0 Å². The lowest BCUT2D eigenvalue weighted by Crippen LogP contribution is -2.30. The highest BCUT2D eigenvalue weighted by Gasteiger charge is 2.65. The van der Waals surface area contributed by atoms with Gasteiger partial charge < -0.3 is 10.1 Å². The number of ketones is 1. The van der Waals surface area contributed by atoms with Crippen LogP contribution in [0.1, 0.15) is 39.0 Å². The Morgan fingerprint density at radius 1 is 1.12 bits per heavy atom. The summed E-state index contributed by atoms with van der Waals surface area (Å²) < 4.78 is 0. The van der Waals surface area contributed by atoms with Crippen LogP contribution in [0.4, 0.5) is 0 Å². The maximum absolute atomic E-state index is 11.6. The fourth-order valence-electron chi connectivity index (χ4n) is 4.07. The molecule has 0 heterocycles. The predicted octanol–water partition coefficient (Wildman–Crippen LogP) is 1.52. The van der Waals surface area contributed by atoms with Gasteiger partial charge in [-0.2, -0.15) is 0 Å². The van der Waals surface area contributed by atoms with E-state index in [0.29, 0.717) is 18.9 Å². The lowest BCUT2D eigenvalue weighted by molar-refractivity contribution is -0.124. The fourth-order valence-corrected chi connectivity index (χ4v) is 4.07. The van der Waals surface area contributed by atoms with Crippen molar-refractivity contribution in [3.63, 3.8) is 0 Å². The average Bonchev–Trinajstić information content (AvgIpc) is 2.66. The summed E-state index contributed by atoms with van der Waals surface area (Å²) in [6, 6.07) is 0.464. The van der Waals surface area contributed by atoms with Crippen LogP contribution in [0.3, 0.4) is 0 Å². The summed E-state index contributed by atoms with van der Waals surface area (Å²) in [6.45, 7) is 1.54. The molecule has 0 radical (unpaired) electrons. The Morgan fingerprint density at radius 3 is 2.31 bits per heavy atom. The highest BCUT2D eigenvalue weighted by molar-refractivity contribution is 5.83. The van der Waals surface area contributed by atoms with Crippen LogP contribution in [-0.4, -0.2) is 17.7 Å². The van der Waals surface area contributed by atoms with E-state index in [1.165, 1.54) is 19.3 Å². The summed E-state index contributed by atoms with van der Waals surface area (Å²) in [6.07, 6.45) is 4.94. The molecule has 0 aromatic rings. The van der Waals surface area contributed by atoms with Gasteiger partial charge in [-0.05, 0) is 49.9 Å². The highest BCUT2D eigenvalue weighted by atomic mass is 16.2. The molecule has 4 unspecified atom stereocenters. The van der Waals surface area contributed by atoms with Crippen LogP contribution >= 0.6 is 0 Å². The molecule has 0 spiro atoms. The molecule has 0 aliphatic heterocycles. The Bertz CT molecular complexity index is 323. The molecule has 88 valence electrons. The first kappa shape index (κ1) is 10.3. The zero-order valence-electron chi connectivity index (χ0n) is 9.74. The van der Waals surface area contributed by atoms with E-state index in [1.54, 1.807) is 6.92 Å². The van der Waals surface area contributed by atoms with Crippen molar-refractivity contribution >= 4 is 11.7 Å². The molecule has 2 bridgehead atoms. The SMILES string of the molecule is CC(=O)CCC(=O)NC1C2C3CCC(C3)C12. The lowest BCUT2D eigenvalue weighted by atomic mass is 10.0. The van der Waals surface area contributed by atoms with Gasteiger partial charge in [0.25, 0.3) is 0 Å². The molecule has 3 heteroatoms. The first-order valence-electron chi connectivity index (χ1n) is 6.45. The molecule has 16 heavy (non-hydrogen) atoms. The lowest BCUT2D eigenvalue weighted by Gasteiger charge is -2.10. The molecule has 3 rings (SSSR count). The molecule has 1 amide bonds. The summed E-state index contributed by atoms with van der Waals surface area (Å²) in [5, 5.41) is 3.12. The van der Waals surface area contributed by atoms with Crippen molar-refractivity contribution in [2.75, 3.05) is 0 Å². The van der Waals surface area contributed by atoms with E-state index in [0.717, 1.165) is 23.7 Å². The minimum absolute atomic E-state index is 0.0778. The van der Waals surface area contributed by atoms with Crippen LogP contribution in [0.15, 0.2) is 0 Å². The molecule has 3 saturated carbocycles. The zero-order chi connectivity index (χ0) is 11.3. The smallest absolute Gasteiger partial charge is 0.220 e. The largest absolute Gasteiger partial charge is 0.353 e. The average molecular weight is 221 g/mol. The van der Waals surface area contributed by atoms with Crippen molar-refractivity contribution < 1.29 is 9.59 Å². The maximum atomic E-state index is 11.6. The molecular weight excluding hydrogens is 202 g/mol. The standard InChI is InChI=1S/C13H19NO2/c1-7(15)2-5-10(16)14-13-11-8-3-4-9(6-8)12(11)13/h8-9,11-13H,2-6H2,1H3,(H,14,16). The van der Waals surface area contributed by atoms with Crippen LogP contribution in [-0.2, 0) is 9.59 Å². The minimum atomic E-state index is 0.0778. The summed E-state index contributed by atoms with van der Waals surface area (Å²) >= 11 is 0. The topological polar surface area (TPSA) is 46.2 Å². The predicted molar refractivity (Wildman–Crippen MR) is 59.7 cm³/mol. The second-order valence-corrected chi connectivity index (χ2v) is 5.78. The van der Waals surface area contributed by atoms with Crippen LogP contribution in [0.2, 0.25) is 0 Å². The van der Waals surface area contributed by atoms with Gasteiger partial charge in [-0.1, -0.05) is 0 Å². The van der Waals surface area contributed by atoms with E-state index >= 15 is 0 Å². The third kappa shape index (κ3) is 1.57. The Balaban J connectivity index is 1.48. The minimum Gasteiger partial charge on any atom is -0.353 e. The number of carbonyl (C=O) groups excluding carboxylic acids is 2. The van der Waals surface area contributed by atoms with E-state index in [9.17, 15) is 9.59 Å². The monoisotopic (exact) mass is 221 g/mol. The molecule has 4 atom stereocenters. The van der Waals surface area contributed by atoms with Crippen LogP contribution in [0, 0.1) is 23.7 Å². The van der Waals surface area contributed by atoms with Crippen molar-refractivity contribution in [1.82, 2.24) is 5.32 Å². The molecule has 0 aromatic heterocycles. The number of Topliss-reactive ketones (excluding diaryl/α,β-unsaturated/α-hetero) is 1. The number of fused-ring (bicyclic) bond motifs is 5. The van der Waals surface area contributed by atoms with E-state index in [1.807, 2.05) is 0 Å². The van der Waals surface area contributed by atoms with Gasteiger partial charge in [0, 0.05) is 18.9 Å². The second kappa shape index (κ2) is 3.57. The fraction of sp³-hybridized carbons (Fsp3) is 0.846. The number of hydrogen-bond acceptors (Lipinski definition) is 2. The second-order valence-electron chi connectivity index (χ2n) is 5.78. The summed E-state index contributed by atoms with van der Waals surface area (Å²) in [5.41, 5.74) is 0. The Kier molecular flexibility index (Phi) is 2.30. The normalized spacial score (nSPS) is 42.9. The van der Waals surface area contributed by atoms with Crippen molar-refractivity contribution in [3.05, 3.63) is 0 Å². The number of carbonyl (C=O) groups is 2. The van der Waals surface area contributed by atoms with E-state index in [4.69, 9.17) is 0 Å². The molecule has 0 aromatic carbocycles. The van der Waals surface area contributed by atoms with Gasteiger partial charge in [0.05, 0.1) is 0 Å². The van der Waals surface area contributed by atoms with Crippen molar-refractivity contribution in [2.45, 2.75) is 45.1 Å². The van der Waals surface area contributed by atoms with Gasteiger partial charge >= 0.3 is 0 Å². The summed E-state index contributed by atoms with van der Waals surface area (Å²) in [7, 11) is 0. The molecule has 3 fully saturated rings. The number of nitrogens with one attached hydrogen (secondary N) is 1. The van der Waals surface area contributed by atoms with E-state index < -0.39 is 0 Å². The van der Waals surface area contributed by atoms with Gasteiger partial charge in [-0.25, -0.2) is 0 Å². The Labute approximate surface area is 96.0 Å². The summed E-state index contributed by atoms with van der Waals surface area (Å²) in [5.74, 6) is 3.56. The van der Waals surface area contributed by atoms with Crippen molar-refractivity contribution in [3.8, 4) is 0 Å². The molecule has 3 nitrogen and oxygen atoms in total. The van der Waals surface area contributed by atoms with Gasteiger partial charge in [0.2, 0.25) is 5.91 Å². The first-order valence-corrected chi connectivity index (χ1v) is 6.45. The van der Waals surface area contributed by atoms with Crippen LogP contribution in [0.5, 0.6) is 0 Å². The third-order valence-corrected chi connectivity index (χ3v) is 4.77. The Hall–Kier alpha value is -0.860. The van der Waals surface area contributed by atoms with Gasteiger partial charge in [0.1, 0.15) is 5.78 Å². The van der Waals surface area contributed by atoms with E-state index in [-0.39, 0.29) is 11.7 Å². The van der Waals surface area contributed by atoms with Crippen LogP contribution < -0.4 is 5.32 Å². The molecule has 3 aliphatic carbocycles. The van der Waals surface area contributed by atoms with Gasteiger partial charge in [-0.3, -0.25) is 4.79 Å². The molecular formula is C13H19NO2. The van der Waals surface area contributed by atoms with Crippen molar-refractivity contribution in [1.29, 1.82) is 0 Å².